The van der Waals surface area contributed by atoms with E-state index in [4.69, 9.17) is 4.42 Å². The van der Waals surface area contributed by atoms with Crippen LogP contribution in [0, 0.1) is 0 Å². The molecule has 2 aliphatic rings. The van der Waals surface area contributed by atoms with Gasteiger partial charge in [0.2, 0.25) is 0 Å². The summed E-state index contributed by atoms with van der Waals surface area (Å²) < 4.78 is 35.6. The molecule has 3 N–H and O–H groups in total. The molecule has 35 heavy (non-hydrogen) atoms. The van der Waals surface area contributed by atoms with E-state index < -0.39 is 6.61 Å². The number of carbonyl (C=O) groups is 1. The van der Waals surface area contributed by atoms with Gasteiger partial charge in [-0.25, -0.2) is 14.8 Å². The Bertz CT molecular complexity index is 1210. The van der Waals surface area contributed by atoms with Crippen molar-refractivity contribution in [3.05, 3.63) is 41.0 Å². The summed E-state index contributed by atoms with van der Waals surface area (Å²) in [4.78, 5) is 24.4. The minimum absolute atomic E-state index is 0.0177. The third kappa shape index (κ3) is 4.94. The molecule has 2 atom stereocenters. The maximum Gasteiger partial charge on any atom is 0.387 e. The number of alkyl halides is 2. The van der Waals surface area contributed by atoms with E-state index in [1.54, 1.807) is 18.3 Å². The summed E-state index contributed by atoms with van der Waals surface area (Å²) in [5.74, 6) is 0.483. The number of ether oxygens (including phenoxy) is 1. The smallest absolute Gasteiger partial charge is 0.387 e. The minimum atomic E-state index is -2.91. The quantitative estimate of drug-likeness (QED) is 0.450. The van der Waals surface area contributed by atoms with Gasteiger partial charge in [0, 0.05) is 24.1 Å². The number of urea groups is 1. The highest BCUT2D eigenvalue weighted by Gasteiger charge is 2.35. The van der Waals surface area contributed by atoms with Gasteiger partial charge in [0.25, 0.3) is 6.01 Å². The number of hydrogen-bond donors (Lipinski definition) is 3. The summed E-state index contributed by atoms with van der Waals surface area (Å²) in [5.41, 5.74) is 1.50. The van der Waals surface area contributed by atoms with Gasteiger partial charge >= 0.3 is 12.6 Å². The number of aliphatic hydroxyl groups is 1. The average molecular weight is 506 g/mol. The SMILES string of the molecule is C[C@@H]1Cc2nc(NC(=O)N[C@H]3C[C@H](O)C3)sc2[C@H](C)N1c1ncc(-c2cccc(OC(F)F)c2)o1. The molecule has 0 spiro atoms. The minimum Gasteiger partial charge on any atom is -0.435 e. The van der Waals surface area contributed by atoms with Crippen LogP contribution < -0.4 is 20.3 Å². The van der Waals surface area contributed by atoms with Crippen LogP contribution in [-0.4, -0.2) is 45.9 Å². The van der Waals surface area contributed by atoms with Gasteiger partial charge in [-0.3, -0.25) is 5.32 Å². The molecule has 1 aliphatic carbocycles. The number of fused-ring (bicyclic) bond motifs is 1. The predicted molar refractivity (Wildman–Crippen MR) is 126 cm³/mol. The maximum absolute atomic E-state index is 12.6. The van der Waals surface area contributed by atoms with Crippen molar-refractivity contribution in [2.24, 2.45) is 0 Å². The Morgan fingerprint density at radius 2 is 2.14 bits per heavy atom. The van der Waals surface area contributed by atoms with E-state index in [9.17, 15) is 18.7 Å². The molecule has 1 saturated carbocycles. The van der Waals surface area contributed by atoms with Crippen LogP contribution in [0.25, 0.3) is 11.3 Å². The molecule has 3 aromatic rings. The number of anilines is 2. The first-order chi connectivity index (χ1) is 16.8. The van der Waals surface area contributed by atoms with E-state index >= 15 is 0 Å². The average Bonchev–Trinajstić information content (AvgIpc) is 3.40. The zero-order valence-corrected chi connectivity index (χ0v) is 19.9. The van der Waals surface area contributed by atoms with Gasteiger partial charge in [-0.05, 0) is 38.8 Å². The van der Waals surface area contributed by atoms with Crippen molar-refractivity contribution in [1.82, 2.24) is 15.3 Å². The highest BCUT2D eigenvalue weighted by molar-refractivity contribution is 7.16. The zero-order valence-electron chi connectivity index (χ0n) is 19.1. The summed E-state index contributed by atoms with van der Waals surface area (Å²) in [7, 11) is 0. The first-order valence-corrected chi connectivity index (χ1v) is 12.1. The second-order valence-electron chi connectivity index (χ2n) is 8.80. The van der Waals surface area contributed by atoms with Crippen molar-refractivity contribution >= 4 is 28.5 Å². The van der Waals surface area contributed by atoms with Crippen LogP contribution in [0.15, 0.2) is 34.9 Å². The molecular weight excluding hydrogens is 480 g/mol. The number of carbonyl (C=O) groups excluding carboxylic acids is 1. The van der Waals surface area contributed by atoms with E-state index in [2.05, 4.69) is 25.3 Å². The van der Waals surface area contributed by atoms with Crippen LogP contribution in [0.2, 0.25) is 0 Å². The molecule has 0 bridgehead atoms. The summed E-state index contributed by atoms with van der Waals surface area (Å²) in [6.45, 7) is 1.16. The van der Waals surface area contributed by atoms with Crippen LogP contribution in [0.3, 0.4) is 0 Å². The third-order valence-electron chi connectivity index (χ3n) is 6.21. The van der Waals surface area contributed by atoms with Gasteiger partial charge in [0.15, 0.2) is 10.9 Å². The van der Waals surface area contributed by atoms with Crippen LogP contribution >= 0.6 is 11.3 Å². The zero-order chi connectivity index (χ0) is 24.7. The molecule has 186 valence electrons. The van der Waals surface area contributed by atoms with Crippen molar-refractivity contribution in [2.45, 2.75) is 64.0 Å². The number of thiazole rings is 1. The summed E-state index contributed by atoms with van der Waals surface area (Å²) >= 11 is 1.41. The van der Waals surface area contributed by atoms with Crippen LogP contribution in [0.4, 0.5) is 24.7 Å². The summed E-state index contributed by atoms with van der Waals surface area (Å²) in [6.07, 6.45) is 2.99. The lowest BCUT2D eigenvalue weighted by Gasteiger charge is -2.36. The number of nitrogens with one attached hydrogen (secondary N) is 2. The molecule has 12 heteroatoms. The molecule has 3 heterocycles. The molecule has 2 aromatic heterocycles. The van der Waals surface area contributed by atoms with E-state index in [-0.39, 0.29) is 36.0 Å². The Morgan fingerprint density at radius 1 is 1.34 bits per heavy atom. The molecule has 0 unspecified atom stereocenters. The number of rotatable bonds is 6. The highest BCUT2D eigenvalue weighted by Crippen LogP contribution is 2.41. The second-order valence-corrected chi connectivity index (χ2v) is 9.83. The van der Waals surface area contributed by atoms with E-state index in [1.807, 2.05) is 18.7 Å². The van der Waals surface area contributed by atoms with Crippen molar-refractivity contribution in [2.75, 3.05) is 10.2 Å². The van der Waals surface area contributed by atoms with Gasteiger partial charge in [0.05, 0.1) is 28.9 Å². The van der Waals surface area contributed by atoms with Crippen molar-refractivity contribution in [3.63, 3.8) is 0 Å². The number of halogens is 2. The van der Waals surface area contributed by atoms with E-state index in [0.29, 0.717) is 41.7 Å². The first-order valence-electron chi connectivity index (χ1n) is 11.3. The second kappa shape index (κ2) is 9.42. The Morgan fingerprint density at radius 3 is 2.89 bits per heavy atom. The number of aromatic nitrogens is 2. The molecule has 1 fully saturated rings. The van der Waals surface area contributed by atoms with E-state index in [1.165, 1.54) is 23.5 Å². The lowest BCUT2D eigenvalue weighted by molar-refractivity contribution is -0.0498. The molecule has 5 rings (SSSR count). The normalized spacial score (nSPS) is 23.5. The lowest BCUT2D eigenvalue weighted by Crippen LogP contribution is -2.48. The topological polar surface area (TPSA) is 113 Å². The molecule has 1 aromatic carbocycles. The van der Waals surface area contributed by atoms with Crippen LogP contribution in [0.1, 0.15) is 43.3 Å². The Hall–Kier alpha value is -3.25. The van der Waals surface area contributed by atoms with Crippen molar-refractivity contribution in [1.29, 1.82) is 0 Å². The largest absolute Gasteiger partial charge is 0.435 e. The van der Waals surface area contributed by atoms with E-state index in [0.717, 1.165) is 10.6 Å². The Labute approximate surface area is 204 Å². The van der Waals surface area contributed by atoms with Gasteiger partial charge in [-0.2, -0.15) is 8.78 Å². The summed E-state index contributed by atoms with van der Waals surface area (Å²) in [6, 6.07) is 6.27. The Kier molecular flexibility index (Phi) is 6.32. The number of amides is 2. The number of oxazole rings is 1. The fourth-order valence-corrected chi connectivity index (χ4v) is 5.54. The fourth-order valence-electron chi connectivity index (χ4n) is 4.50. The standard InChI is InChI=1S/C23H25F2N5O4S/c1-11-6-17-19(35-22(28-17)29-21(32)27-14-8-15(31)9-14)12(2)30(11)23-26-10-18(34-23)13-4-3-5-16(7-13)33-20(24)25/h3-5,7,10-12,14-15,20,31H,6,8-9H2,1-2H3,(H2,27,28,29,32)/t11-,12+,14-,15-/m1/s1. The van der Waals surface area contributed by atoms with Crippen molar-refractivity contribution < 1.29 is 27.8 Å². The molecule has 0 radical (unpaired) electrons. The molecule has 2 amide bonds. The molecule has 9 nitrogen and oxygen atoms in total. The van der Waals surface area contributed by atoms with Crippen LogP contribution in [0.5, 0.6) is 5.75 Å². The van der Waals surface area contributed by atoms with Gasteiger partial charge in [0.1, 0.15) is 5.75 Å². The summed E-state index contributed by atoms with van der Waals surface area (Å²) in [5, 5.41) is 15.5. The maximum atomic E-state index is 12.6. The third-order valence-corrected chi connectivity index (χ3v) is 7.40. The fraction of sp³-hybridized carbons (Fsp3) is 0.435. The molecule has 1 aliphatic heterocycles. The molecular formula is C23H25F2N5O4S. The lowest BCUT2D eigenvalue weighted by atomic mass is 9.90. The van der Waals surface area contributed by atoms with Crippen LogP contribution in [-0.2, 0) is 6.42 Å². The number of benzene rings is 1. The monoisotopic (exact) mass is 505 g/mol. The highest BCUT2D eigenvalue weighted by atomic mass is 32.1. The van der Waals surface area contributed by atoms with Gasteiger partial charge in [-0.15, -0.1) is 0 Å². The Balaban J connectivity index is 1.31. The number of hydrogen-bond acceptors (Lipinski definition) is 8. The number of nitrogens with zero attached hydrogens (tertiary/aromatic N) is 3. The van der Waals surface area contributed by atoms with Gasteiger partial charge in [-0.1, -0.05) is 23.5 Å². The van der Waals surface area contributed by atoms with Crippen molar-refractivity contribution in [3.8, 4) is 17.1 Å². The number of aliphatic hydroxyl groups excluding tert-OH is 1. The predicted octanol–water partition coefficient (Wildman–Crippen LogP) is 4.56. The first kappa shape index (κ1) is 23.5. The van der Waals surface area contributed by atoms with Gasteiger partial charge < -0.3 is 24.5 Å². The molecule has 0 saturated heterocycles.